The number of nitrogens with zero attached hydrogens (tertiary/aromatic N) is 1. The average molecular weight is 373 g/mol. The Morgan fingerprint density at radius 3 is 2.63 bits per heavy atom. The number of unbranched alkanes of at least 4 members (excludes halogenated alkanes) is 1. The molecule has 6 nitrogen and oxygen atoms in total. The Labute approximate surface area is 162 Å². The Bertz CT molecular complexity index is 637. The van der Waals surface area contributed by atoms with E-state index >= 15 is 0 Å². The lowest BCUT2D eigenvalue weighted by atomic mass is 9.99. The first-order chi connectivity index (χ1) is 13.1. The maximum absolute atomic E-state index is 12.3. The maximum atomic E-state index is 12.3. The molecule has 2 fully saturated rings. The Balaban J connectivity index is 1.34. The van der Waals surface area contributed by atoms with Crippen molar-refractivity contribution in [1.29, 1.82) is 0 Å². The molecule has 0 radical (unpaired) electrons. The fourth-order valence-electron chi connectivity index (χ4n) is 3.37. The predicted molar refractivity (Wildman–Crippen MR) is 108 cm³/mol. The molecule has 1 aromatic rings. The van der Waals surface area contributed by atoms with Gasteiger partial charge in [-0.05, 0) is 82.3 Å². The third kappa shape index (κ3) is 6.86. The normalized spacial score (nSPS) is 18.1. The quantitative estimate of drug-likeness (QED) is 0.614. The summed E-state index contributed by atoms with van der Waals surface area (Å²) in [5.41, 5.74) is 1.21. The number of carbonyl (C=O) groups is 2. The van der Waals surface area contributed by atoms with E-state index in [-0.39, 0.29) is 11.9 Å². The van der Waals surface area contributed by atoms with Crippen LogP contribution in [0.3, 0.4) is 0 Å². The smallest absolute Gasteiger partial charge is 0.319 e. The number of hydrogen-bond acceptors (Lipinski definition) is 3. The number of piperidine rings is 1. The van der Waals surface area contributed by atoms with Gasteiger partial charge in [-0.2, -0.15) is 0 Å². The van der Waals surface area contributed by atoms with Crippen molar-refractivity contribution in [2.75, 3.05) is 31.5 Å². The van der Waals surface area contributed by atoms with Crippen molar-refractivity contribution in [3.63, 3.8) is 0 Å². The summed E-state index contributed by atoms with van der Waals surface area (Å²) in [5, 5.41) is 8.64. The number of carbonyl (C=O) groups excluding carboxylic acids is 2. The highest BCUT2D eigenvalue weighted by Gasteiger charge is 2.23. The van der Waals surface area contributed by atoms with Crippen LogP contribution in [0.5, 0.6) is 0 Å². The van der Waals surface area contributed by atoms with Gasteiger partial charge >= 0.3 is 6.03 Å². The number of likely N-dealkylation sites (tertiary alicyclic amines) is 1. The van der Waals surface area contributed by atoms with E-state index in [0.717, 1.165) is 38.1 Å². The first kappa shape index (κ1) is 19.7. The molecule has 6 heteroatoms. The van der Waals surface area contributed by atoms with Crippen molar-refractivity contribution in [3.05, 3.63) is 29.8 Å². The van der Waals surface area contributed by atoms with Gasteiger partial charge in [-0.25, -0.2) is 4.79 Å². The molecular weight excluding hydrogens is 340 g/mol. The Hall–Kier alpha value is -2.08. The number of anilines is 1. The molecule has 27 heavy (non-hydrogen) atoms. The number of nitrogens with one attached hydrogen (secondary N) is 3. The topological polar surface area (TPSA) is 73.5 Å². The monoisotopic (exact) mass is 372 g/mol. The Morgan fingerprint density at radius 2 is 1.89 bits per heavy atom. The molecule has 1 saturated heterocycles. The van der Waals surface area contributed by atoms with E-state index in [9.17, 15) is 9.59 Å². The van der Waals surface area contributed by atoms with Crippen molar-refractivity contribution in [2.24, 2.45) is 5.92 Å². The van der Waals surface area contributed by atoms with E-state index in [1.807, 2.05) is 0 Å². The van der Waals surface area contributed by atoms with Gasteiger partial charge in [0.15, 0.2) is 0 Å². The van der Waals surface area contributed by atoms with Crippen LogP contribution in [0, 0.1) is 5.92 Å². The SMILES string of the molecule is CC1CCN(CCCCNC(=O)c2cccc(NC(=O)NC3CC3)c2)CC1. The molecule has 1 aliphatic heterocycles. The minimum Gasteiger partial charge on any atom is -0.352 e. The van der Waals surface area contributed by atoms with E-state index in [4.69, 9.17) is 0 Å². The van der Waals surface area contributed by atoms with Crippen molar-refractivity contribution < 1.29 is 9.59 Å². The second-order valence-electron chi connectivity index (χ2n) is 7.94. The molecule has 1 aromatic carbocycles. The third-order valence-electron chi connectivity index (χ3n) is 5.36. The largest absolute Gasteiger partial charge is 0.352 e. The van der Waals surface area contributed by atoms with Crippen LogP contribution >= 0.6 is 0 Å². The summed E-state index contributed by atoms with van der Waals surface area (Å²) in [4.78, 5) is 26.7. The zero-order valence-corrected chi connectivity index (χ0v) is 16.3. The van der Waals surface area contributed by atoms with Crippen LogP contribution in [-0.4, -0.2) is 49.1 Å². The highest BCUT2D eigenvalue weighted by atomic mass is 16.2. The predicted octanol–water partition coefficient (Wildman–Crippen LogP) is 3.21. The number of urea groups is 1. The van der Waals surface area contributed by atoms with Crippen LogP contribution in [0.1, 0.15) is 55.8 Å². The zero-order chi connectivity index (χ0) is 19.1. The van der Waals surface area contributed by atoms with Crippen LogP contribution in [0.15, 0.2) is 24.3 Å². The van der Waals surface area contributed by atoms with Gasteiger partial charge in [0.2, 0.25) is 0 Å². The first-order valence-electron chi connectivity index (χ1n) is 10.3. The number of benzene rings is 1. The van der Waals surface area contributed by atoms with Crippen LogP contribution in [0.2, 0.25) is 0 Å². The lowest BCUT2D eigenvalue weighted by Crippen LogP contribution is -2.34. The second kappa shape index (κ2) is 9.74. The van der Waals surface area contributed by atoms with Crippen molar-refractivity contribution in [3.8, 4) is 0 Å². The van der Waals surface area contributed by atoms with Gasteiger partial charge in [0.05, 0.1) is 0 Å². The summed E-state index contributed by atoms with van der Waals surface area (Å²) in [6, 6.07) is 7.18. The van der Waals surface area contributed by atoms with E-state index < -0.39 is 0 Å². The van der Waals surface area contributed by atoms with E-state index in [1.54, 1.807) is 24.3 Å². The Morgan fingerprint density at radius 1 is 1.11 bits per heavy atom. The molecule has 2 aliphatic rings. The zero-order valence-electron chi connectivity index (χ0n) is 16.3. The molecular formula is C21H32N4O2. The molecule has 1 heterocycles. The minimum absolute atomic E-state index is 0.0898. The molecule has 3 N–H and O–H groups in total. The molecule has 0 atom stereocenters. The summed E-state index contributed by atoms with van der Waals surface area (Å²) in [7, 11) is 0. The molecule has 3 rings (SSSR count). The second-order valence-corrected chi connectivity index (χ2v) is 7.94. The molecule has 3 amide bonds. The average Bonchev–Trinajstić information content (AvgIpc) is 3.47. The summed E-state index contributed by atoms with van der Waals surface area (Å²) in [6.45, 7) is 6.56. The van der Waals surface area contributed by atoms with Gasteiger partial charge in [-0.1, -0.05) is 13.0 Å². The molecule has 0 aromatic heterocycles. The van der Waals surface area contributed by atoms with Crippen molar-refractivity contribution >= 4 is 17.6 Å². The maximum Gasteiger partial charge on any atom is 0.319 e. The number of amides is 3. The van der Waals surface area contributed by atoms with Crippen LogP contribution < -0.4 is 16.0 Å². The fourth-order valence-corrected chi connectivity index (χ4v) is 3.37. The van der Waals surface area contributed by atoms with E-state index in [2.05, 4.69) is 27.8 Å². The lowest BCUT2D eigenvalue weighted by molar-refractivity contribution is 0.0952. The van der Waals surface area contributed by atoms with Crippen molar-refractivity contribution in [2.45, 2.75) is 51.5 Å². The minimum atomic E-state index is -0.206. The van der Waals surface area contributed by atoms with Crippen molar-refractivity contribution in [1.82, 2.24) is 15.5 Å². The van der Waals surface area contributed by atoms with E-state index in [1.165, 1.54) is 25.9 Å². The number of hydrogen-bond donors (Lipinski definition) is 3. The van der Waals surface area contributed by atoms with Crippen LogP contribution in [-0.2, 0) is 0 Å². The summed E-state index contributed by atoms with van der Waals surface area (Å²) < 4.78 is 0. The molecule has 0 spiro atoms. The summed E-state index contributed by atoms with van der Waals surface area (Å²) in [5.74, 6) is 0.777. The molecule has 1 aliphatic carbocycles. The first-order valence-corrected chi connectivity index (χ1v) is 10.3. The highest BCUT2D eigenvalue weighted by molar-refractivity contribution is 5.96. The van der Waals surface area contributed by atoms with Gasteiger partial charge in [0.1, 0.15) is 0 Å². The summed E-state index contributed by atoms with van der Waals surface area (Å²) >= 11 is 0. The number of rotatable bonds is 8. The lowest BCUT2D eigenvalue weighted by Gasteiger charge is -2.30. The van der Waals surface area contributed by atoms with Crippen LogP contribution in [0.25, 0.3) is 0 Å². The summed E-state index contributed by atoms with van der Waals surface area (Å²) in [6.07, 6.45) is 6.80. The van der Waals surface area contributed by atoms with Gasteiger partial charge < -0.3 is 20.9 Å². The van der Waals surface area contributed by atoms with Gasteiger partial charge in [0, 0.05) is 23.8 Å². The molecule has 0 bridgehead atoms. The van der Waals surface area contributed by atoms with Gasteiger partial charge in [-0.3, -0.25) is 4.79 Å². The Kier molecular flexibility index (Phi) is 7.10. The van der Waals surface area contributed by atoms with E-state index in [0.29, 0.717) is 23.8 Å². The highest BCUT2D eigenvalue weighted by Crippen LogP contribution is 2.19. The van der Waals surface area contributed by atoms with Gasteiger partial charge in [0.25, 0.3) is 5.91 Å². The molecule has 1 saturated carbocycles. The molecule has 148 valence electrons. The molecule has 0 unspecified atom stereocenters. The van der Waals surface area contributed by atoms with Crippen LogP contribution in [0.4, 0.5) is 10.5 Å². The fraction of sp³-hybridized carbons (Fsp3) is 0.619. The third-order valence-corrected chi connectivity index (χ3v) is 5.36. The standard InChI is InChI=1S/C21H32N4O2/c1-16-9-13-25(14-10-16)12-3-2-11-22-20(26)17-5-4-6-19(15-17)24-21(27)23-18-7-8-18/h4-6,15-16,18H,2-3,7-14H2,1H3,(H,22,26)(H2,23,24,27). The van der Waals surface area contributed by atoms with Gasteiger partial charge in [-0.15, -0.1) is 0 Å².